The Bertz CT molecular complexity index is 523. The molecule has 0 aromatic carbocycles. The van der Waals surface area contributed by atoms with Gasteiger partial charge in [-0.2, -0.15) is 11.3 Å². The molecular weight excluding hydrogens is 308 g/mol. The van der Waals surface area contributed by atoms with E-state index in [1.54, 1.807) is 11.3 Å². The first-order valence-electron chi connectivity index (χ1n) is 8.82. The molecule has 0 radical (unpaired) electrons. The topological polar surface area (TPSA) is 49.4 Å². The highest BCUT2D eigenvalue weighted by atomic mass is 32.1. The number of hydrogen-bond acceptors (Lipinski definition) is 3. The van der Waals surface area contributed by atoms with E-state index in [1.165, 1.54) is 24.8 Å². The van der Waals surface area contributed by atoms with Crippen molar-refractivity contribution in [2.75, 3.05) is 13.1 Å². The van der Waals surface area contributed by atoms with E-state index < -0.39 is 0 Å². The standard InChI is InChI=1S/C18H26N2O2S/c21-17(11-14-5-2-1-3-6-14)19-12-18(22)20-9-4-7-16(20)15-8-10-23-13-15/h8,10,13-14,16H,1-7,9,11-12H2,(H,19,21)/t16-/m0/s1. The molecule has 1 saturated carbocycles. The first kappa shape index (κ1) is 16.5. The van der Waals surface area contributed by atoms with Gasteiger partial charge in [0, 0.05) is 13.0 Å². The SMILES string of the molecule is O=C(CC1CCCCC1)NCC(=O)N1CCC[C@H]1c1ccsc1. The van der Waals surface area contributed by atoms with Crippen molar-refractivity contribution in [3.63, 3.8) is 0 Å². The van der Waals surface area contributed by atoms with Gasteiger partial charge >= 0.3 is 0 Å². The minimum absolute atomic E-state index is 0.0385. The van der Waals surface area contributed by atoms with Gasteiger partial charge in [0.1, 0.15) is 0 Å². The fourth-order valence-electron chi connectivity index (χ4n) is 3.88. The predicted octanol–water partition coefficient (Wildman–Crippen LogP) is 3.50. The van der Waals surface area contributed by atoms with E-state index in [4.69, 9.17) is 0 Å². The van der Waals surface area contributed by atoms with Crippen LogP contribution in [-0.4, -0.2) is 29.8 Å². The Hall–Kier alpha value is -1.36. The maximum Gasteiger partial charge on any atom is 0.242 e. The lowest BCUT2D eigenvalue weighted by atomic mass is 9.87. The highest BCUT2D eigenvalue weighted by Crippen LogP contribution is 2.33. The number of carbonyl (C=O) groups is 2. The molecule has 4 nitrogen and oxygen atoms in total. The van der Waals surface area contributed by atoms with Crippen LogP contribution in [0.4, 0.5) is 0 Å². The normalized spacial score (nSPS) is 22.3. The monoisotopic (exact) mass is 334 g/mol. The summed E-state index contributed by atoms with van der Waals surface area (Å²) >= 11 is 1.67. The van der Waals surface area contributed by atoms with Crippen molar-refractivity contribution < 1.29 is 9.59 Å². The van der Waals surface area contributed by atoms with E-state index in [-0.39, 0.29) is 24.4 Å². The number of hydrogen-bond donors (Lipinski definition) is 1. The molecule has 1 N–H and O–H groups in total. The molecule has 126 valence electrons. The zero-order valence-corrected chi connectivity index (χ0v) is 14.4. The van der Waals surface area contributed by atoms with Crippen molar-refractivity contribution in [3.05, 3.63) is 22.4 Å². The van der Waals surface area contributed by atoms with Crippen molar-refractivity contribution >= 4 is 23.2 Å². The summed E-state index contributed by atoms with van der Waals surface area (Å²) in [5.74, 6) is 0.608. The molecular formula is C18H26N2O2S. The molecule has 1 saturated heterocycles. The molecule has 1 atom stereocenters. The summed E-state index contributed by atoms with van der Waals surface area (Å²) in [5, 5.41) is 7.03. The molecule has 2 heterocycles. The maximum atomic E-state index is 12.5. The number of thiophene rings is 1. The van der Waals surface area contributed by atoms with E-state index in [0.717, 1.165) is 32.2 Å². The van der Waals surface area contributed by atoms with Crippen LogP contribution in [0.2, 0.25) is 0 Å². The Balaban J connectivity index is 1.46. The average Bonchev–Trinajstić information content (AvgIpc) is 3.24. The molecule has 0 bridgehead atoms. The second-order valence-electron chi connectivity index (χ2n) is 6.79. The van der Waals surface area contributed by atoms with E-state index in [1.807, 2.05) is 4.90 Å². The summed E-state index contributed by atoms with van der Waals surface area (Å²) in [6, 6.07) is 2.30. The van der Waals surface area contributed by atoms with Crippen LogP contribution in [0.15, 0.2) is 16.8 Å². The van der Waals surface area contributed by atoms with Crippen LogP contribution < -0.4 is 5.32 Å². The third-order valence-electron chi connectivity index (χ3n) is 5.14. The molecule has 0 spiro atoms. The second-order valence-corrected chi connectivity index (χ2v) is 7.57. The minimum Gasteiger partial charge on any atom is -0.347 e. The smallest absolute Gasteiger partial charge is 0.242 e. The van der Waals surface area contributed by atoms with Gasteiger partial charge in [0.2, 0.25) is 11.8 Å². The van der Waals surface area contributed by atoms with Gasteiger partial charge in [-0.1, -0.05) is 19.3 Å². The fourth-order valence-corrected chi connectivity index (χ4v) is 4.58. The molecule has 1 aromatic rings. The fraction of sp³-hybridized carbons (Fsp3) is 0.667. The van der Waals surface area contributed by atoms with Crippen molar-refractivity contribution in [3.8, 4) is 0 Å². The van der Waals surface area contributed by atoms with E-state index >= 15 is 0 Å². The van der Waals surface area contributed by atoms with Gasteiger partial charge in [0.05, 0.1) is 12.6 Å². The van der Waals surface area contributed by atoms with Gasteiger partial charge in [-0.3, -0.25) is 9.59 Å². The second kappa shape index (κ2) is 7.95. The van der Waals surface area contributed by atoms with Crippen molar-refractivity contribution in [1.29, 1.82) is 0 Å². The van der Waals surface area contributed by atoms with Crippen molar-refractivity contribution in [1.82, 2.24) is 10.2 Å². The third-order valence-corrected chi connectivity index (χ3v) is 5.84. The summed E-state index contributed by atoms with van der Waals surface area (Å²) < 4.78 is 0. The quantitative estimate of drug-likeness (QED) is 0.896. The van der Waals surface area contributed by atoms with Crippen molar-refractivity contribution in [2.24, 2.45) is 5.92 Å². The van der Waals surface area contributed by atoms with Gasteiger partial charge in [-0.25, -0.2) is 0 Å². The van der Waals surface area contributed by atoms with Crippen LogP contribution in [-0.2, 0) is 9.59 Å². The summed E-state index contributed by atoms with van der Waals surface area (Å²) in [6.45, 7) is 0.948. The van der Waals surface area contributed by atoms with E-state index in [9.17, 15) is 9.59 Å². The Morgan fingerprint density at radius 3 is 2.74 bits per heavy atom. The first-order chi connectivity index (χ1) is 11.2. The lowest BCUT2D eigenvalue weighted by Crippen LogP contribution is -2.40. The van der Waals surface area contributed by atoms with Crippen LogP contribution in [0.25, 0.3) is 0 Å². The first-order valence-corrected chi connectivity index (χ1v) is 9.76. The molecule has 1 aromatic heterocycles. The van der Waals surface area contributed by atoms with E-state index in [2.05, 4.69) is 22.1 Å². The molecule has 2 amide bonds. The van der Waals surface area contributed by atoms with Gasteiger partial charge in [-0.15, -0.1) is 0 Å². The Labute approximate surface area is 142 Å². The van der Waals surface area contributed by atoms with Crippen LogP contribution >= 0.6 is 11.3 Å². The van der Waals surface area contributed by atoms with Crippen molar-refractivity contribution in [2.45, 2.75) is 57.4 Å². The molecule has 1 aliphatic heterocycles. The minimum atomic E-state index is 0.0385. The Morgan fingerprint density at radius 2 is 2.00 bits per heavy atom. The number of likely N-dealkylation sites (tertiary alicyclic amines) is 1. The number of nitrogens with zero attached hydrogens (tertiary/aromatic N) is 1. The molecule has 0 unspecified atom stereocenters. The zero-order valence-electron chi connectivity index (χ0n) is 13.6. The largest absolute Gasteiger partial charge is 0.347 e. The highest BCUT2D eigenvalue weighted by molar-refractivity contribution is 7.07. The zero-order chi connectivity index (χ0) is 16.1. The van der Waals surface area contributed by atoms with Gasteiger partial charge in [0.15, 0.2) is 0 Å². The third kappa shape index (κ3) is 4.34. The van der Waals surface area contributed by atoms with Crippen LogP contribution in [0, 0.1) is 5.92 Å². The summed E-state index contributed by atoms with van der Waals surface area (Å²) in [5.41, 5.74) is 1.23. The molecule has 5 heteroatoms. The maximum absolute atomic E-state index is 12.5. The predicted molar refractivity (Wildman–Crippen MR) is 92.2 cm³/mol. The molecule has 2 fully saturated rings. The summed E-state index contributed by atoms with van der Waals surface area (Å²) in [7, 11) is 0. The average molecular weight is 334 g/mol. The highest BCUT2D eigenvalue weighted by Gasteiger charge is 2.30. The number of rotatable bonds is 5. The van der Waals surface area contributed by atoms with Crippen LogP contribution in [0.1, 0.15) is 63.0 Å². The van der Waals surface area contributed by atoms with Crippen LogP contribution in [0.3, 0.4) is 0 Å². The Kier molecular flexibility index (Phi) is 5.70. The number of nitrogens with one attached hydrogen (secondary N) is 1. The Morgan fingerprint density at radius 1 is 1.17 bits per heavy atom. The number of carbonyl (C=O) groups excluding carboxylic acids is 2. The van der Waals surface area contributed by atoms with E-state index in [0.29, 0.717) is 12.3 Å². The summed E-state index contributed by atoms with van der Waals surface area (Å²) in [6.07, 6.45) is 8.76. The van der Waals surface area contributed by atoms with Gasteiger partial charge in [0.25, 0.3) is 0 Å². The molecule has 23 heavy (non-hydrogen) atoms. The number of amides is 2. The molecule has 1 aliphatic carbocycles. The summed E-state index contributed by atoms with van der Waals surface area (Å²) in [4.78, 5) is 26.5. The van der Waals surface area contributed by atoms with Crippen LogP contribution in [0.5, 0.6) is 0 Å². The lowest BCUT2D eigenvalue weighted by molar-refractivity contribution is -0.133. The lowest BCUT2D eigenvalue weighted by Gasteiger charge is -2.25. The van der Waals surface area contributed by atoms with Gasteiger partial charge < -0.3 is 10.2 Å². The molecule has 3 rings (SSSR count). The van der Waals surface area contributed by atoms with Gasteiger partial charge in [-0.05, 0) is 54.0 Å². The molecule has 2 aliphatic rings.